The highest BCUT2D eigenvalue weighted by Gasteiger charge is 2.41. The van der Waals surface area contributed by atoms with Gasteiger partial charge in [-0.2, -0.15) is 0 Å². The van der Waals surface area contributed by atoms with Gasteiger partial charge in [0.05, 0.1) is 17.9 Å². The van der Waals surface area contributed by atoms with Gasteiger partial charge in [-0.1, -0.05) is 15.9 Å². The summed E-state index contributed by atoms with van der Waals surface area (Å²) in [7, 11) is 0. The van der Waals surface area contributed by atoms with E-state index in [4.69, 9.17) is 14.6 Å². The molecule has 3 rings (SSSR count). The van der Waals surface area contributed by atoms with Crippen LogP contribution >= 0.6 is 15.9 Å². The largest absolute Gasteiger partial charge is 0.486 e. The monoisotopic (exact) mass is 383 g/mol. The Balaban J connectivity index is 1.72. The third-order valence-corrected chi connectivity index (χ3v) is 5.10. The Kier molecular flexibility index (Phi) is 4.48. The normalized spacial score (nSPS) is 23.6. The molecular formula is C16H18BrNO5. The number of ether oxygens (including phenoxy) is 2. The number of rotatable bonds is 4. The van der Waals surface area contributed by atoms with Crippen LogP contribution in [-0.2, 0) is 9.59 Å². The summed E-state index contributed by atoms with van der Waals surface area (Å²) in [6.45, 7) is 2.88. The minimum atomic E-state index is -0.899. The van der Waals surface area contributed by atoms with Crippen molar-refractivity contribution in [3.05, 3.63) is 22.2 Å². The minimum Gasteiger partial charge on any atom is -0.486 e. The van der Waals surface area contributed by atoms with E-state index < -0.39 is 17.8 Å². The fraction of sp³-hybridized carbons (Fsp3) is 0.500. The zero-order valence-electron chi connectivity index (χ0n) is 12.7. The number of benzene rings is 1. The second-order valence-corrected chi connectivity index (χ2v) is 6.73. The molecule has 0 radical (unpaired) electrons. The average molecular weight is 384 g/mol. The summed E-state index contributed by atoms with van der Waals surface area (Å²) in [5.41, 5.74) is 0.869. The van der Waals surface area contributed by atoms with Gasteiger partial charge in [-0.05, 0) is 37.5 Å². The van der Waals surface area contributed by atoms with Gasteiger partial charge in [0, 0.05) is 4.47 Å². The first-order valence-electron chi connectivity index (χ1n) is 7.59. The van der Waals surface area contributed by atoms with Gasteiger partial charge >= 0.3 is 5.97 Å². The van der Waals surface area contributed by atoms with E-state index in [0.29, 0.717) is 37.6 Å². The molecule has 23 heavy (non-hydrogen) atoms. The maximum Gasteiger partial charge on any atom is 0.307 e. The fourth-order valence-corrected chi connectivity index (χ4v) is 3.58. The first kappa shape index (κ1) is 16.1. The zero-order chi connectivity index (χ0) is 16.6. The maximum atomic E-state index is 12.3. The van der Waals surface area contributed by atoms with Crippen LogP contribution in [0.2, 0.25) is 0 Å². The number of halogens is 1. The third kappa shape index (κ3) is 3.15. The molecule has 1 amide bonds. The van der Waals surface area contributed by atoms with Crippen molar-refractivity contribution in [2.45, 2.75) is 25.8 Å². The highest BCUT2D eigenvalue weighted by molar-refractivity contribution is 9.10. The van der Waals surface area contributed by atoms with E-state index in [1.807, 2.05) is 19.1 Å². The fourth-order valence-electron chi connectivity index (χ4n) is 2.92. The van der Waals surface area contributed by atoms with Crippen molar-refractivity contribution in [3.8, 4) is 11.5 Å². The van der Waals surface area contributed by atoms with E-state index in [2.05, 4.69) is 21.2 Å². The minimum absolute atomic E-state index is 0.210. The number of carbonyl (C=O) groups is 2. The van der Waals surface area contributed by atoms with Gasteiger partial charge in [0.25, 0.3) is 0 Å². The van der Waals surface area contributed by atoms with Crippen LogP contribution in [0.15, 0.2) is 16.6 Å². The molecule has 0 saturated heterocycles. The van der Waals surface area contributed by atoms with Crippen molar-refractivity contribution < 1.29 is 24.2 Å². The summed E-state index contributed by atoms with van der Waals surface area (Å²) in [4.78, 5) is 23.3. The Bertz CT molecular complexity index is 648. The molecule has 0 spiro atoms. The molecule has 1 aromatic carbocycles. The number of carbonyl (C=O) groups excluding carboxylic acids is 1. The molecule has 0 aromatic heterocycles. The molecule has 1 heterocycles. The Hall–Kier alpha value is -1.76. The van der Waals surface area contributed by atoms with Crippen molar-refractivity contribution in [3.63, 3.8) is 0 Å². The van der Waals surface area contributed by atoms with Crippen LogP contribution in [0.25, 0.3) is 0 Å². The Labute approximate surface area is 142 Å². The average Bonchev–Trinajstić information content (AvgIpc) is 2.44. The summed E-state index contributed by atoms with van der Waals surface area (Å²) < 4.78 is 11.9. The van der Waals surface area contributed by atoms with Crippen LogP contribution in [-0.4, -0.2) is 30.2 Å². The smallest absolute Gasteiger partial charge is 0.307 e. The quantitative estimate of drug-likeness (QED) is 0.834. The van der Waals surface area contributed by atoms with E-state index >= 15 is 0 Å². The van der Waals surface area contributed by atoms with Crippen LogP contribution in [0.1, 0.15) is 31.4 Å². The second-order valence-electron chi connectivity index (χ2n) is 5.88. The third-order valence-electron chi connectivity index (χ3n) is 4.42. The molecule has 1 aliphatic heterocycles. The molecule has 1 saturated carbocycles. The number of carboxylic acids is 1. The van der Waals surface area contributed by atoms with Gasteiger partial charge < -0.3 is 19.9 Å². The van der Waals surface area contributed by atoms with E-state index in [0.717, 1.165) is 10.0 Å². The lowest BCUT2D eigenvalue weighted by Gasteiger charge is -2.33. The lowest BCUT2D eigenvalue weighted by molar-refractivity contribution is -0.152. The van der Waals surface area contributed by atoms with Gasteiger partial charge in [-0.15, -0.1) is 0 Å². The molecule has 124 valence electrons. The molecule has 1 aromatic rings. The number of hydrogen-bond acceptors (Lipinski definition) is 4. The molecule has 6 nitrogen and oxygen atoms in total. The van der Waals surface area contributed by atoms with Crippen LogP contribution in [0.5, 0.6) is 11.5 Å². The molecule has 2 N–H and O–H groups in total. The number of aliphatic carboxylic acids is 1. The predicted octanol–water partition coefficient (Wildman–Crippen LogP) is 2.51. The highest BCUT2D eigenvalue weighted by atomic mass is 79.9. The van der Waals surface area contributed by atoms with E-state index in [1.54, 1.807) is 0 Å². The van der Waals surface area contributed by atoms with Crippen molar-refractivity contribution in [1.82, 2.24) is 5.32 Å². The van der Waals surface area contributed by atoms with Crippen molar-refractivity contribution >= 4 is 27.8 Å². The molecule has 0 bridgehead atoms. The second kappa shape index (κ2) is 6.39. The van der Waals surface area contributed by atoms with Gasteiger partial charge in [-0.3, -0.25) is 9.59 Å². The Morgan fingerprint density at radius 2 is 1.83 bits per heavy atom. The number of hydrogen-bond donors (Lipinski definition) is 2. The zero-order valence-corrected chi connectivity index (χ0v) is 14.3. The SMILES string of the molecule is CC(NC(=O)C1CCC1C(=O)O)c1cc2c(cc1Br)OCCO2. The van der Waals surface area contributed by atoms with Crippen molar-refractivity contribution in [2.75, 3.05) is 13.2 Å². The summed E-state index contributed by atoms with van der Waals surface area (Å²) >= 11 is 3.49. The molecule has 1 aliphatic carbocycles. The van der Waals surface area contributed by atoms with Crippen LogP contribution in [0, 0.1) is 11.8 Å². The number of fused-ring (bicyclic) bond motifs is 1. The Morgan fingerprint density at radius 3 is 2.39 bits per heavy atom. The van der Waals surface area contributed by atoms with Gasteiger partial charge in [0.2, 0.25) is 5.91 Å². The van der Waals surface area contributed by atoms with E-state index in [1.165, 1.54) is 0 Å². The number of carboxylic acid groups (broad SMARTS) is 1. The van der Waals surface area contributed by atoms with E-state index in [-0.39, 0.29) is 11.9 Å². The first-order valence-corrected chi connectivity index (χ1v) is 8.39. The topological polar surface area (TPSA) is 84.9 Å². The first-order chi connectivity index (χ1) is 11.0. The lowest BCUT2D eigenvalue weighted by Crippen LogP contribution is -2.44. The summed E-state index contributed by atoms with van der Waals surface area (Å²) in [5, 5.41) is 12.0. The number of nitrogens with one attached hydrogen (secondary N) is 1. The Morgan fingerprint density at radius 1 is 1.22 bits per heavy atom. The van der Waals surface area contributed by atoms with Crippen LogP contribution in [0.3, 0.4) is 0 Å². The predicted molar refractivity (Wildman–Crippen MR) is 85.5 cm³/mol. The molecule has 2 aliphatic rings. The van der Waals surface area contributed by atoms with Crippen LogP contribution in [0.4, 0.5) is 0 Å². The number of amides is 1. The highest BCUT2D eigenvalue weighted by Crippen LogP contribution is 2.39. The van der Waals surface area contributed by atoms with Crippen molar-refractivity contribution in [2.24, 2.45) is 11.8 Å². The van der Waals surface area contributed by atoms with Crippen molar-refractivity contribution in [1.29, 1.82) is 0 Å². The standard InChI is InChI=1S/C16H18BrNO5/c1-8(18-15(19)9-2-3-10(9)16(20)21)11-6-13-14(7-12(11)17)23-5-4-22-13/h6-10H,2-5H2,1H3,(H,18,19)(H,20,21). The molecule has 3 atom stereocenters. The molecule has 3 unspecified atom stereocenters. The summed E-state index contributed by atoms with van der Waals surface area (Å²) in [5.74, 6) is -0.780. The molecule has 7 heteroatoms. The lowest BCUT2D eigenvalue weighted by atomic mass is 9.73. The molecular weight excluding hydrogens is 366 g/mol. The maximum absolute atomic E-state index is 12.3. The molecule has 1 fully saturated rings. The van der Waals surface area contributed by atoms with E-state index in [9.17, 15) is 9.59 Å². The van der Waals surface area contributed by atoms with Gasteiger partial charge in [-0.25, -0.2) is 0 Å². The van der Waals surface area contributed by atoms with Gasteiger partial charge in [0.1, 0.15) is 13.2 Å². The van der Waals surface area contributed by atoms with Crippen LogP contribution < -0.4 is 14.8 Å². The van der Waals surface area contributed by atoms with Gasteiger partial charge in [0.15, 0.2) is 11.5 Å². The summed E-state index contributed by atoms with van der Waals surface area (Å²) in [6, 6.07) is 3.41. The summed E-state index contributed by atoms with van der Waals surface area (Å²) in [6.07, 6.45) is 1.19.